The molecule has 0 unspecified atom stereocenters. The van der Waals surface area contributed by atoms with Crippen molar-refractivity contribution in [1.82, 2.24) is 4.72 Å². The Hall–Kier alpha value is -1.45. The number of rotatable bonds is 5. The van der Waals surface area contributed by atoms with E-state index in [1.807, 2.05) is 12.1 Å². The lowest BCUT2D eigenvalue weighted by Crippen LogP contribution is -2.36. The van der Waals surface area contributed by atoms with Gasteiger partial charge in [0.1, 0.15) is 0 Å². The number of halogens is 1. The Morgan fingerprint density at radius 2 is 1.69 bits per heavy atom. The van der Waals surface area contributed by atoms with Crippen molar-refractivity contribution in [2.75, 3.05) is 5.32 Å². The fourth-order valence-electron chi connectivity index (χ4n) is 3.06. The van der Waals surface area contributed by atoms with Crippen LogP contribution in [0.3, 0.4) is 0 Å². The van der Waals surface area contributed by atoms with Gasteiger partial charge in [-0.3, -0.25) is 4.79 Å². The molecule has 26 heavy (non-hydrogen) atoms. The van der Waals surface area contributed by atoms with Gasteiger partial charge in [0, 0.05) is 20.9 Å². The van der Waals surface area contributed by atoms with E-state index in [2.05, 4.69) is 32.6 Å². The number of hydrogen-bond acceptors (Lipinski definition) is 3. The second-order valence-corrected chi connectivity index (χ2v) is 9.40. The fourth-order valence-corrected chi connectivity index (χ4v) is 4.91. The molecule has 1 fully saturated rings. The van der Waals surface area contributed by atoms with Crippen molar-refractivity contribution >= 4 is 44.2 Å². The highest BCUT2D eigenvalue weighted by Gasteiger charge is 2.21. The minimum absolute atomic E-state index is 0.0219. The van der Waals surface area contributed by atoms with Crippen LogP contribution >= 0.6 is 22.6 Å². The molecular formula is C19H21IN2O3S. The molecule has 0 atom stereocenters. The van der Waals surface area contributed by atoms with Crippen molar-refractivity contribution in [1.29, 1.82) is 0 Å². The molecule has 0 aliphatic heterocycles. The second-order valence-electron chi connectivity index (χ2n) is 6.45. The van der Waals surface area contributed by atoms with Gasteiger partial charge in [-0.05, 0) is 77.9 Å². The van der Waals surface area contributed by atoms with Gasteiger partial charge < -0.3 is 5.32 Å². The highest BCUT2D eigenvalue weighted by atomic mass is 127. The molecule has 2 N–H and O–H groups in total. The maximum absolute atomic E-state index is 12.5. The Morgan fingerprint density at radius 1 is 1.00 bits per heavy atom. The molecule has 0 bridgehead atoms. The van der Waals surface area contributed by atoms with Crippen LogP contribution in [0.2, 0.25) is 0 Å². The van der Waals surface area contributed by atoms with E-state index in [1.54, 1.807) is 24.3 Å². The number of carbonyl (C=O) groups is 1. The lowest BCUT2D eigenvalue weighted by atomic mass is 9.96. The molecule has 5 nitrogen and oxygen atoms in total. The number of anilines is 1. The van der Waals surface area contributed by atoms with Gasteiger partial charge in [0.25, 0.3) is 5.91 Å². The van der Waals surface area contributed by atoms with E-state index < -0.39 is 10.0 Å². The third kappa shape index (κ3) is 5.05. The largest absolute Gasteiger partial charge is 0.322 e. The quantitative estimate of drug-likeness (QED) is 0.627. The normalized spacial score (nSPS) is 15.6. The summed E-state index contributed by atoms with van der Waals surface area (Å²) in [5.74, 6) is -0.223. The molecule has 0 aromatic heterocycles. The van der Waals surface area contributed by atoms with E-state index in [4.69, 9.17) is 0 Å². The minimum atomic E-state index is -3.53. The zero-order valence-electron chi connectivity index (χ0n) is 14.2. The molecule has 2 aromatic rings. The fraction of sp³-hybridized carbons (Fsp3) is 0.316. The Bertz CT molecular complexity index is 876. The molecule has 2 aromatic carbocycles. The summed E-state index contributed by atoms with van der Waals surface area (Å²) >= 11 is 2.15. The van der Waals surface area contributed by atoms with Crippen LogP contribution in [-0.4, -0.2) is 20.4 Å². The summed E-state index contributed by atoms with van der Waals surface area (Å²) in [6.07, 6.45) is 5.09. The summed E-state index contributed by atoms with van der Waals surface area (Å²) in [7, 11) is -3.53. The smallest absolute Gasteiger partial charge is 0.255 e. The molecule has 1 saturated carbocycles. The van der Waals surface area contributed by atoms with E-state index >= 15 is 0 Å². The van der Waals surface area contributed by atoms with Gasteiger partial charge in [0.15, 0.2) is 0 Å². The van der Waals surface area contributed by atoms with Crippen LogP contribution in [0.5, 0.6) is 0 Å². The number of nitrogens with one attached hydrogen (secondary N) is 2. The molecule has 1 aliphatic carbocycles. The standard InChI is InChI=1S/C19H21IN2O3S/c20-15-6-4-5-14(13-15)19(23)21-16-9-11-18(12-10-16)26(24,25)22-17-7-2-1-3-8-17/h4-6,9-13,17,22H,1-3,7-8H2,(H,21,23). The predicted molar refractivity (Wildman–Crippen MR) is 111 cm³/mol. The van der Waals surface area contributed by atoms with Crippen LogP contribution < -0.4 is 10.0 Å². The Morgan fingerprint density at radius 3 is 2.35 bits per heavy atom. The van der Waals surface area contributed by atoms with Gasteiger partial charge in [0.05, 0.1) is 4.90 Å². The van der Waals surface area contributed by atoms with E-state index in [-0.39, 0.29) is 16.8 Å². The van der Waals surface area contributed by atoms with Crippen molar-refractivity contribution in [3.63, 3.8) is 0 Å². The maximum Gasteiger partial charge on any atom is 0.255 e. The molecule has 3 rings (SSSR count). The summed E-state index contributed by atoms with van der Waals surface area (Å²) < 4.78 is 28.8. The highest BCUT2D eigenvalue weighted by Crippen LogP contribution is 2.21. The van der Waals surface area contributed by atoms with Crippen molar-refractivity contribution in [3.8, 4) is 0 Å². The van der Waals surface area contributed by atoms with Crippen LogP contribution in [0.25, 0.3) is 0 Å². The summed E-state index contributed by atoms with van der Waals surface area (Å²) in [4.78, 5) is 12.5. The van der Waals surface area contributed by atoms with E-state index in [9.17, 15) is 13.2 Å². The van der Waals surface area contributed by atoms with Gasteiger partial charge in [-0.2, -0.15) is 0 Å². The molecule has 1 amide bonds. The van der Waals surface area contributed by atoms with Crippen molar-refractivity contribution in [2.45, 2.75) is 43.0 Å². The molecule has 0 saturated heterocycles. The first-order chi connectivity index (χ1) is 12.4. The molecule has 0 spiro atoms. The van der Waals surface area contributed by atoms with Crippen molar-refractivity contribution in [2.24, 2.45) is 0 Å². The van der Waals surface area contributed by atoms with Crippen LogP contribution in [0, 0.1) is 3.57 Å². The van der Waals surface area contributed by atoms with E-state index in [1.165, 1.54) is 18.6 Å². The first-order valence-electron chi connectivity index (χ1n) is 8.63. The Balaban J connectivity index is 1.66. The Kier molecular flexibility index (Phi) is 6.31. The third-order valence-electron chi connectivity index (χ3n) is 4.44. The summed E-state index contributed by atoms with van der Waals surface area (Å²) in [5.41, 5.74) is 1.12. The molecule has 138 valence electrons. The third-order valence-corrected chi connectivity index (χ3v) is 6.64. The van der Waals surface area contributed by atoms with Gasteiger partial charge in [-0.15, -0.1) is 0 Å². The highest BCUT2D eigenvalue weighted by molar-refractivity contribution is 14.1. The maximum atomic E-state index is 12.5. The number of sulfonamides is 1. The van der Waals surface area contributed by atoms with Gasteiger partial charge >= 0.3 is 0 Å². The lowest BCUT2D eigenvalue weighted by Gasteiger charge is -2.22. The van der Waals surface area contributed by atoms with Crippen molar-refractivity contribution < 1.29 is 13.2 Å². The van der Waals surface area contributed by atoms with Crippen LogP contribution in [0.1, 0.15) is 42.5 Å². The first kappa shape index (κ1) is 19.3. The van der Waals surface area contributed by atoms with Crippen LogP contribution in [-0.2, 0) is 10.0 Å². The van der Waals surface area contributed by atoms with Crippen molar-refractivity contribution in [3.05, 3.63) is 57.7 Å². The molecular weight excluding hydrogens is 463 g/mol. The molecule has 0 radical (unpaired) electrons. The van der Waals surface area contributed by atoms with E-state index in [0.29, 0.717) is 11.3 Å². The SMILES string of the molecule is O=C(Nc1ccc(S(=O)(=O)NC2CCCCC2)cc1)c1cccc(I)c1. The number of benzene rings is 2. The Labute approximate surface area is 167 Å². The zero-order valence-corrected chi connectivity index (χ0v) is 17.2. The van der Waals surface area contributed by atoms with Crippen LogP contribution in [0.15, 0.2) is 53.4 Å². The van der Waals surface area contributed by atoms with E-state index in [0.717, 1.165) is 29.3 Å². The monoisotopic (exact) mass is 484 g/mol. The summed E-state index contributed by atoms with van der Waals surface area (Å²) in [6, 6.07) is 13.6. The first-order valence-corrected chi connectivity index (χ1v) is 11.2. The topological polar surface area (TPSA) is 75.3 Å². The number of amides is 1. The molecule has 1 aliphatic rings. The number of hydrogen-bond donors (Lipinski definition) is 2. The number of carbonyl (C=O) groups excluding carboxylic acids is 1. The van der Waals surface area contributed by atoms with Crippen LogP contribution in [0.4, 0.5) is 5.69 Å². The second kappa shape index (κ2) is 8.49. The predicted octanol–water partition coefficient (Wildman–Crippen LogP) is 4.15. The zero-order chi connectivity index (χ0) is 18.6. The summed E-state index contributed by atoms with van der Waals surface area (Å²) in [6.45, 7) is 0. The van der Waals surface area contributed by atoms with Gasteiger partial charge in [0.2, 0.25) is 10.0 Å². The van der Waals surface area contributed by atoms with Gasteiger partial charge in [-0.1, -0.05) is 25.3 Å². The van der Waals surface area contributed by atoms with Gasteiger partial charge in [-0.25, -0.2) is 13.1 Å². The average Bonchev–Trinajstić information content (AvgIpc) is 2.62. The lowest BCUT2D eigenvalue weighted by molar-refractivity contribution is 0.102. The average molecular weight is 484 g/mol. The minimum Gasteiger partial charge on any atom is -0.322 e. The molecule has 0 heterocycles. The molecule has 7 heteroatoms. The summed E-state index contributed by atoms with van der Waals surface area (Å²) in [5, 5.41) is 2.79.